The zero-order valence-corrected chi connectivity index (χ0v) is 14.1. The second-order valence-electron chi connectivity index (χ2n) is 7.28. The summed E-state index contributed by atoms with van der Waals surface area (Å²) in [6, 6.07) is 17.3. The number of rotatable bonds is 3. The zero-order chi connectivity index (χ0) is 16.7. The number of fused-ring (bicyclic) bond motifs is 3. The van der Waals surface area contributed by atoms with Crippen molar-refractivity contribution in [2.75, 3.05) is 5.73 Å². The van der Waals surface area contributed by atoms with Crippen LogP contribution in [0.1, 0.15) is 42.0 Å². The largest absolute Gasteiger partial charge is 0.399 e. The molecular formula is C21H24N2O. The van der Waals surface area contributed by atoms with Gasteiger partial charge in [-0.05, 0) is 43.0 Å². The van der Waals surface area contributed by atoms with Crippen LogP contribution in [-0.2, 0) is 11.3 Å². The van der Waals surface area contributed by atoms with E-state index in [1.165, 1.54) is 16.7 Å². The van der Waals surface area contributed by atoms with Crippen LogP contribution in [0.5, 0.6) is 0 Å². The van der Waals surface area contributed by atoms with E-state index >= 15 is 0 Å². The molecule has 2 saturated heterocycles. The Hall–Kier alpha value is -2.13. The minimum Gasteiger partial charge on any atom is -0.399 e. The Balaban J connectivity index is 1.70. The van der Waals surface area contributed by atoms with E-state index in [9.17, 15) is 4.79 Å². The Morgan fingerprint density at radius 3 is 2.71 bits per heavy atom. The number of hydrogen-bond acceptors (Lipinski definition) is 3. The molecule has 24 heavy (non-hydrogen) atoms. The van der Waals surface area contributed by atoms with Crippen molar-refractivity contribution in [2.45, 2.75) is 44.8 Å². The fourth-order valence-electron chi connectivity index (χ4n) is 4.51. The van der Waals surface area contributed by atoms with Gasteiger partial charge in [0.2, 0.25) is 0 Å². The summed E-state index contributed by atoms with van der Waals surface area (Å²) >= 11 is 0. The van der Waals surface area contributed by atoms with Crippen LogP contribution >= 0.6 is 0 Å². The molecule has 0 spiro atoms. The minimum atomic E-state index is 0.113. The number of nitrogens with two attached hydrogens (primary N) is 1. The summed E-state index contributed by atoms with van der Waals surface area (Å²) in [5, 5.41) is 0. The Bertz CT molecular complexity index is 770. The van der Waals surface area contributed by atoms with Gasteiger partial charge >= 0.3 is 0 Å². The van der Waals surface area contributed by atoms with Gasteiger partial charge in [-0.2, -0.15) is 0 Å². The van der Waals surface area contributed by atoms with Crippen molar-refractivity contribution in [1.29, 1.82) is 0 Å². The molecule has 3 unspecified atom stereocenters. The first-order chi connectivity index (χ1) is 11.6. The lowest BCUT2D eigenvalue weighted by molar-refractivity contribution is -0.138. The van der Waals surface area contributed by atoms with E-state index in [1.54, 1.807) is 0 Å². The smallest absolute Gasteiger partial charge is 0.139 e. The van der Waals surface area contributed by atoms with E-state index in [2.05, 4.69) is 42.2 Å². The quantitative estimate of drug-likeness (QED) is 0.873. The number of carbonyl (C=O) groups is 1. The highest BCUT2D eigenvalue weighted by Crippen LogP contribution is 2.46. The molecule has 0 radical (unpaired) electrons. The third-order valence-electron chi connectivity index (χ3n) is 5.57. The van der Waals surface area contributed by atoms with Crippen molar-refractivity contribution in [1.82, 2.24) is 4.90 Å². The third-order valence-corrected chi connectivity index (χ3v) is 5.57. The Morgan fingerprint density at radius 2 is 1.96 bits per heavy atom. The van der Waals surface area contributed by atoms with Crippen LogP contribution in [0.2, 0.25) is 0 Å². The van der Waals surface area contributed by atoms with Crippen LogP contribution in [0, 0.1) is 12.8 Å². The molecule has 3 fully saturated rings. The first kappa shape index (κ1) is 15.4. The van der Waals surface area contributed by atoms with Gasteiger partial charge in [-0.25, -0.2) is 0 Å². The Morgan fingerprint density at radius 1 is 1.12 bits per heavy atom. The summed E-state index contributed by atoms with van der Waals surface area (Å²) in [4.78, 5) is 15.1. The molecule has 5 rings (SSSR count). The van der Waals surface area contributed by atoms with Gasteiger partial charge in [-0.15, -0.1) is 0 Å². The van der Waals surface area contributed by atoms with Crippen molar-refractivity contribution >= 4 is 11.5 Å². The predicted molar refractivity (Wildman–Crippen MR) is 96.5 cm³/mol. The molecule has 3 atom stereocenters. The summed E-state index contributed by atoms with van der Waals surface area (Å²) in [5.41, 5.74) is 10.6. The summed E-state index contributed by atoms with van der Waals surface area (Å²) in [6.07, 6.45) is 2.84. The second-order valence-corrected chi connectivity index (χ2v) is 7.28. The van der Waals surface area contributed by atoms with Gasteiger partial charge in [0.15, 0.2) is 0 Å². The van der Waals surface area contributed by atoms with E-state index in [4.69, 9.17) is 5.73 Å². The molecule has 1 aliphatic carbocycles. The van der Waals surface area contributed by atoms with Gasteiger partial charge in [0.05, 0.1) is 0 Å². The van der Waals surface area contributed by atoms with Gasteiger partial charge in [0, 0.05) is 36.7 Å². The van der Waals surface area contributed by atoms with E-state index in [-0.39, 0.29) is 12.0 Å². The van der Waals surface area contributed by atoms with E-state index in [0.29, 0.717) is 18.2 Å². The molecule has 1 saturated carbocycles. The molecule has 2 bridgehead atoms. The Labute approximate surface area is 143 Å². The average molecular weight is 320 g/mol. The maximum atomic E-state index is 12.5. The molecule has 2 aromatic rings. The number of piperidine rings is 2. The number of hydrogen-bond donors (Lipinski definition) is 1. The molecule has 3 aliphatic rings. The van der Waals surface area contributed by atoms with Crippen LogP contribution in [0.15, 0.2) is 48.5 Å². The number of benzene rings is 2. The van der Waals surface area contributed by atoms with Crippen molar-refractivity contribution in [3.63, 3.8) is 0 Å². The van der Waals surface area contributed by atoms with E-state index in [0.717, 1.165) is 25.1 Å². The van der Waals surface area contributed by atoms with Crippen LogP contribution in [0.25, 0.3) is 0 Å². The van der Waals surface area contributed by atoms with Crippen LogP contribution < -0.4 is 5.73 Å². The number of Topliss-reactive ketones (excluding diaryl/α,β-unsaturated/α-hetero) is 1. The van der Waals surface area contributed by atoms with Gasteiger partial charge in [-0.3, -0.25) is 9.69 Å². The molecule has 2 N–H and O–H groups in total. The Kier molecular flexibility index (Phi) is 3.89. The monoisotopic (exact) mass is 320 g/mol. The van der Waals surface area contributed by atoms with Crippen molar-refractivity contribution in [2.24, 2.45) is 5.92 Å². The van der Waals surface area contributed by atoms with E-state index in [1.807, 2.05) is 18.2 Å². The topological polar surface area (TPSA) is 46.3 Å². The van der Waals surface area contributed by atoms with Crippen molar-refractivity contribution in [3.05, 3.63) is 65.2 Å². The molecule has 124 valence electrons. The van der Waals surface area contributed by atoms with Crippen LogP contribution in [-0.4, -0.2) is 16.7 Å². The molecule has 2 aliphatic heterocycles. The number of aryl methyl sites for hydroxylation is 1. The molecule has 2 heterocycles. The predicted octanol–water partition coefficient (Wildman–Crippen LogP) is 3.87. The van der Waals surface area contributed by atoms with Gasteiger partial charge in [0.25, 0.3) is 0 Å². The minimum absolute atomic E-state index is 0.113. The number of ketones is 1. The van der Waals surface area contributed by atoms with Crippen molar-refractivity contribution < 1.29 is 4.79 Å². The molecule has 0 aromatic heterocycles. The lowest BCUT2D eigenvalue weighted by atomic mass is 9.71. The van der Waals surface area contributed by atoms with Gasteiger partial charge in [-0.1, -0.05) is 42.0 Å². The van der Waals surface area contributed by atoms with Crippen LogP contribution in [0.4, 0.5) is 5.69 Å². The van der Waals surface area contributed by atoms with Gasteiger partial charge in [0.1, 0.15) is 5.78 Å². The average Bonchev–Trinajstić information content (AvgIpc) is 2.56. The molecule has 3 heteroatoms. The lowest BCUT2D eigenvalue weighted by Crippen LogP contribution is -2.53. The summed E-state index contributed by atoms with van der Waals surface area (Å²) < 4.78 is 0. The molecular weight excluding hydrogens is 296 g/mol. The number of nitrogen functional groups attached to an aromatic ring is 1. The summed E-state index contributed by atoms with van der Waals surface area (Å²) in [7, 11) is 0. The highest BCUT2D eigenvalue weighted by molar-refractivity contribution is 5.84. The maximum Gasteiger partial charge on any atom is 0.139 e. The fourth-order valence-corrected chi connectivity index (χ4v) is 4.51. The number of nitrogens with zero attached hydrogens (tertiary/aromatic N) is 1. The normalized spacial score (nSPS) is 26.7. The molecule has 0 amide bonds. The van der Waals surface area contributed by atoms with Crippen molar-refractivity contribution in [3.8, 4) is 0 Å². The lowest BCUT2D eigenvalue weighted by Gasteiger charge is -2.51. The standard InChI is InChI=1S/C21H24N2O/c1-14-4-2-5-15(10-14)13-23-18-8-9-19(20(24)12-18)21(23)16-6-3-7-17(22)11-16/h2-7,10-11,18-19,21H,8-9,12-13,22H2,1H3. The molecule has 2 aromatic carbocycles. The summed E-state index contributed by atoms with van der Waals surface area (Å²) in [5.74, 6) is 0.542. The van der Waals surface area contributed by atoms with E-state index < -0.39 is 0 Å². The second kappa shape index (κ2) is 6.06. The SMILES string of the molecule is Cc1cccc(CN2C3CCC(C(=O)C3)C2c2cccc(N)c2)c1. The highest BCUT2D eigenvalue weighted by atomic mass is 16.1. The highest BCUT2D eigenvalue weighted by Gasteiger charge is 2.46. The maximum absolute atomic E-state index is 12.5. The fraction of sp³-hybridized carbons (Fsp3) is 0.381. The number of anilines is 1. The van der Waals surface area contributed by atoms with Crippen LogP contribution in [0.3, 0.4) is 0 Å². The van der Waals surface area contributed by atoms with Gasteiger partial charge < -0.3 is 5.73 Å². The zero-order valence-electron chi connectivity index (χ0n) is 14.1. The number of carbonyl (C=O) groups excluding carboxylic acids is 1. The first-order valence-corrected chi connectivity index (χ1v) is 8.81. The first-order valence-electron chi connectivity index (χ1n) is 8.81. The molecule has 3 nitrogen and oxygen atoms in total. The third kappa shape index (κ3) is 2.73. The summed E-state index contributed by atoms with van der Waals surface area (Å²) in [6.45, 7) is 3.03.